The van der Waals surface area contributed by atoms with Crippen molar-refractivity contribution in [1.82, 2.24) is 0 Å². The number of nitrogens with two attached hydrogens (primary N) is 2. The van der Waals surface area contributed by atoms with Gasteiger partial charge >= 0.3 is 0 Å². The van der Waals surface area contributed by atoms with Crippen molar-refractivity contribution in [1.29, 1.82) is 0 Å². The third kappa shape index (κ3) is 1580. The Balaban J connectivity index is -0.0000000161. The summed E-state index contributed by atoms with van der Waals surface area (Å²) in [4.78, 5) is 36.0. The summed E-state index contributed by atoms with van der Waals surface area (Å²) < 4.78 is 0. The number of aliphatic carboxylic acids is 4. The molecule has 0 rings (SSSR count). The van der Waals surface area contributed by atoms with E-state index in [1.165, 1.54) is 0 Å². The second-order valence-electron chi connectivity index (χ2n) is 2.65. The monoisotopic (exact) mass is 408 g/mol. The van der Waals surface area contributed by atoms with Gasteiger partial charge in [0.2, 0.25) is 0 Å². The molecule has 4 radical (unpaired) electrons. The summed E-state index contributed by atoms with van der Waals surface area (Å²) in [6, 6.07) is 0. The molecular formula is C10H24N2Na4O8. The van der Waals surface area contributed by atoms with Crippen LogP contribution in [0.4, 0.5) is 0 Å². The molecule has 0 aromatic carbocycles. The van der Waals surface area contributed by atoms with Gasteiger partial charge in [-0.05, 0) is 0 Å². The van der Waals surface area contributed by atoms with E-state index in [9.17, 15) is 0 Å². The van der Waals surface area contributed by atoms with Gasteiger partial charge in [0.25, 0.3) is 23.9 Å². The van der Waals surface area contributed by atoms with Crippen molar-refractivity contribution in [3.05, 3.63) is 0 Å². The molecular weight excluding hydrogens is 384 g/mol. The molecule has 0 aliphatic heterocycles. The van der Waals surface area contributed by atoms with Gasteiger partial charge in [-0.15, -0.1) is 0 Å². The van der Waals surface area contributed by atoms with E-state index in [0.717, 1.165) is 27.7 Å². The summed E-state index contributed by atoms with van der Waals surface area (Å²) in [6.07, 6.45) is 0. The standard InChI is InChI=1S/C2H8N2.4C2H4O2.4Na/c3-1-2-4;4*1-2(3)4;;;;/h1-4H2;4*1H3,(H,3,4);;;;/i;4*1+2,2+2;;;;. The van der Waals surface area contributed by atoms with Crippen LogP contribution in [-0.2, 0) is 19.2 Å². The summed E-state index contributed by atoms with van der Waals surface area (Å²) in [7, 11) is 0. The first kappa shape index (κ1) is 56.2. The number of hydrogen-bond acceptors (Lipinski definition) is 6. The third-order valence-electron chi connectivity index (χ3n) is 0.167. The van der Waals surface area contributed by atoms with Crippen LogP contribution in [0.5, 0.6) is 0 Å². The molecule has 0 aromatic heterocycles. The molecule has 0 fully saturated rings. The van der Waals surface area contributed by atoms with Gasteiger partial charge in [0.05, 0.1) is 0 Å². The fraction of sp³-hybridized carbons (Fsp3) is 0.600. The van der Waals surface area contributed by atoms with Crippen LogP contribution < -0.4 is 11.5 Å². The normalized spacial score (nSPS) is 5.42. The smallest absolute Gasteiger partial charge is 0.300 e. The van der Waals surface area contributed by atoms with Crippen LogP contribution >= 0.6 is 0 Å². The Bertz CT molecular complexity index is 205. The first-order valence-electron chi connectivity index (χ1n) is 5.03. The summed E-state index contributed by atoms with van der Waals surface area (Å²) in [5.74, 6) is -3.33. The molecule has 0 saturated heterocycles. The van der Waals surface area contributed by atoms with Gasteiger partial charge in [0.1, 0.15) is 0 Å². The molecule has 0 atom stereocenters. The van der Waals surface area contributed by atoms with Gasteiger partial charge < -0.3 is 31.9 Å². The quantitative estimate of drug-likeness (QED) is 0.257. The Hall–Kier alpha value is 1.80. The zero-order chi connectivity index (χ0) is 17.7. The Kier molecular flexibility index (Phi) is 132. The predicted octanol–water partition coefficient (Wildman–Crippen LogP) is -2.26. The van der Waals surface area contributed by atoms with Gasteiger partial charge in [-0.2, -0.15) is 0 Å². The van der Waals surface area contributed by atoms with E-state index in [2.05, 4.69) is 0 Å². The van der Waals surface area contributed by atoms with E-state index in [1.807, 2.05) is 0 Å². The average Bonchev–Trinajstić information content (AvgIpc) is 2.13. The fourth-order valence-corrected chi connectivity index (χ4v) is 0. The first-order valence-corrected chi connectivity index (χ1v) is 5.03. The predicted molar refractivity (Wildman–Crippen MR) is 94.4 cm³/mol. The summed E-state index contributed by atoms with van der Waals surface area (Å²) in [5, 5.41) is 29.7. The van der Waals surface area contributed by atoms with Gasteiger partial charge in [-0.3, -0.25) is 19.2 Å². The second-order valence-corrected chi connectivity index (χ2v) is 2.65. The molecule has 0 aliphatic rings. The van der Waals surface area contributed by atoms with Crippen LogP contribution in [0.25, 0.3) is 0 Å². The van der Waals surface area contributed by atoms with Gasteiger partial charge in [0, 0.05) is 159 Å². The van der Waals surface area contributed by atoms with E-state index in [-0.39, 0.29) is 118 Å². The van der Waals surface area contributed by atoms with Crippen molar-refractivity contribution in [2.45, 2.75) is 27.7 Å². The van der Waals surface area contributed by atoms with E-state index in [1.54, 1.807) is 0 Å². The van der Waals surface area contributed by atoms with Crippen LogP contribution in [0.2, 0.25) is 0 Å². The topological polar surface area (TPSA) is 201 Å². The average molecular weight is 408 g/mol. The Morgan fingerprint density at radius 2 is 0.583 bits per heavy atom. The van der Waals surface area contributed by atoms with Gasteiger partial charge in [0.15, 0.2) is 0 Å². The molecule has 0 heterocycles. The molecule has 0 aliphatic carbocycles. The second kappa shape index (κ2) is 56.3. The van der Waals surface area contributed by atoms with Crippen molar-refractivity contribution < 1.29 is 39.6 Å². The zero-order valence-electron chi connectivity index (χ0n) is 16.0. The van der Waals surface area contributed by atoms with Crippen molar-refractivity contribution in [3.8, 4) is 0 Å². The van der Waals surface area contributed by atoms with Crippen LogP contribution in [-0.4, -0.2) is 176 Å². The zero-order valence-corrected chi connectivity index (χ0v) is 24.0. The molecule has 0 saturated carbocycles. The minimum absolute atomic E-state index is 0. The van der Waals surface area contributed by atoms with Crippen molar-refractivity contribution in [3.63, 3.8) is 0 Å². The fourth-order valence-electron chi connectivity index (χ4n) is 0. The maximum atomic E-state index is 9.00. The maximum Gasteiger partial charge on any atom is 0.300 e. The van der Waals surface area contributed by atoms with Crippen LogP contribution in [0, 0.1) is 0 Å². The van der Waals surface area contributed by atoms with E-state index < -0.39 is 23.9 Å². The molecule has 10 nitrogen and oxygen atoms in total. The molecule has 0 bridgehead atoms. The first-order chi connectivity index (χ1) is 8.84. The van der Waals surface area contributed by atoms with E-state index >= 15 is 0 Å². The van der Waals surface area contributed by atoms with Gasteiger partial charge in [-0.25, -0.2) is 0 Å². The number of carbonyl (C=O) groups is 4. The van der Waals surface area contributed by atoms with Crippen LogP contribution in [0.1, 0.15) is 27.7 Å². The summed E-state index contributed by atoms with van der Waals surface area (Å²) in [6.45, 7) is 5.53. The summed E-state index contributed by atoms with van der Waals surface area (Å²) >= 11 is 0. The molecule has 24 heavy (non-hydrogen) atoms. The third-order valence-corrected chi connectivity index (χ3v) is 0.167. The number of hydrogen-bond donors (Lipinski definition) is 6. The molecule has 0 amide bonds. The summed E-state index contributed by atoms with van der Waals surface area (Å²) in [5.41, 5.74) is 9.81. The molecule has 14 heteroatoms. The SMILES string of the molecule is NCCN.[14CH3][14C](=O)O.[14CH3][14C](=O)O.[14CH3][14C](=O)O.[14CH3][14C](=O)O.[Na].[Na].[Na].[Na]. The molecule has 126 valence electrons. The van der Waals surface area contributed by atoms with Crippen LogP contribution in [0.3, 0.4) is 0 Å². The number of carboxylic acids is 4. The Morgan fingerprint density at radius 1 is 0.542 bits per heavy atom. The van der Waals surface area contributed by atoms with E-state index in [4.69, 9.17) is 51.1 Å². The van der Waals surface area contributed by atoms with Crippen molar-refractivity contribution in [2.75, 3.05) is 13.1 Å². The molecule has 0 aromatic rings. The molecule has 0 unspecified atom stereocenters. The minimum Gasteiger partial charge on any atom is -0.481 e. The molecule has 0 spiro atoms. The Labute approximate surface area is 230 Å². The minimum atomic E-state index is -0.833. The number of carboxylic acid groups (broad SMARTS) is 4. The van der Waals surface area contributed by atoms with Crippen LogP contribution in [0.15, 0.2) is 0 Å². The Morgan fingerprint density at radius 3 is 0.583 bits per heavy atom. The molecule has 8 N–H and O–H groups in total. The van der Waals surface area contributed by atoms with Gasteiger partial charge in [-0.1, -0.05) is 0 Å². The number of rotatable bonds is 1. The van der Waals surface area contributed by atoms with Crippen molar-refractivity contribution >= 4 is 142 Å². The van der Waals surface area contributed by atoms with Crippen molar-refractivity contribution in [2.24, 2.45) is 11.5 Å². The van der Waals surface area contributed by atoms with E-state index in [0.29, 0.717) is 13.1 Å². The maximum absolute atomic E-state index is 9.00. The largest absolute Gasteiger partial charge is 0.481 e.